The standard InChI is InChI=1S/C14H19F3N2OS.ClH/c1-21-8-6-12(18)13(20)19-11-4-2-3-10(9-11)5-7-14(15,16)17;/h2-4,9,12H,5-8,18H2,1H3,(H,19,20);1H/t12-;/m0./s1. The van der Waals surface area contributed by atoms with Crippen LogP contribution in [0.15, 0.2) is 24.3 Å². The van der Waals surface area contributed by atoms with Crippen molar-refractivity contribution in [3.63, 3.8) is 0 Å². The number of carbonyl (C=O) groups excluding carboxylic acids is 1. The number of rotatable bonds is 7. The fourth-order valence-corrected chi connectivity index (χ4v) is 2.19. The van der Waals surface area contributed by atoms with Crippen LogP contribution >= 0.6 is 24.2 Å². The Kier molecular flexibility index (Phi) is 9.55. The third kappa shape index (κ3) is 8.51. The summed E-state index contributed by atoms with van der Waals surface area (Å²) in [6.07, 6.45) is -2.68. The molecule has 0 heterocycles. The maximum absolute atomic E-state index is 12.2. The van der Waals surface area contributed by atoms with E-state index in [2.05, 4.69) is 5.32 Å². The molecule has 0 aromatic heterocycles. The van der Waals surface area contributed by atoms with Crippen molar-refractivity contribution in [2.45, 2.75) is 31.5 Å². The predicted molar refractivity (Wildman–Crippen MR) is 87.7 cm³/mol. The molecule has 0 saturated heterocycles. The van der Waals surface area contributed by atoms with Crippen LogP contribution < -0.4 is 11.1 Å². The molecule has 3 nitrogen and oxygen atoms in total. The number of nitrogens with two attached hydrogens (primary N) is 1. The topological polar surface area (TPSA) is 55.1 Å². The molecule has 1 aromatic rings. The minimum absolute atomic E-state index is 0. The summed E-state index contributed by atoms with van der Waals surface area (Å²) in [5, 5.41) is 2.63. The summed E-state index contributed by atoms with van der Waals surface area (Å²) in [4.78, 5) is 11.8. The van der Waals surface area contributed by atoms with Gasteiger partial charge in [0.15, 0.2) is 0 Å². The second-order valence-corrected chi connectivity index (χ2v) is 5.68. The summed E-state index contributed by atoms with van der Waals surface area (Å²) >= 11 is 1.60. The van der Waals surface area contributed by atoms with Gasteiger partial charge in [0.05, 0.1) is 6.04 Å². The molecule has 0 radical (unpaired) electrons. The molecule has 3 N–H and O–H groups in total. The molecule has 0 aliphatic rings. The molecule has 1 aromatic carbocycles. The van der Waals surface area contributed by atoms with Crippen LogP contribution in [0.4, 0.5) is 18.9 Å². The van der Waals surface area contributed by atoms with Crippen molar-refractivity contribution in [3.8, 4) is 0 Å². The zero-order valence-corrected chi connectivity index (χ0v) is 13.8. The minimum Gasteiger partial charge on any atom is -0.325 e. The van der Waals surface area contributed by atoms with Crippen LogP contribution in [0, 0.1) is 0 Å². The quantitative estimate of drug-likeness (QED) is 0.784. The van der Waals surface area contributed by atoms with Gasteiger partial charge in [-0.15, -0.1) is 12.4 Å². The predicted octanol–water partition coefficient (Wildman–Crippen LogP) is 3.62. The second-order valence-electron chi connectivity index (χ2n) is 4.69. The van der Waals surface area contributed by atoms with Crippen molar-refractivity contribution >= 4 is 35.8 Å². The van der Waals surface area contributed by atoms with E-state index in [4.69, 9.17) is 5.73 Å². The Balaban J connectivity index is 0.00000441. The molecule has 0 bridgehead atoms. The zero-order valence-electron chi connectivity index (χ0n) is 12.2. The van der Waals surface area contributed by atoms with Crippen LogP contribution in [0.3, 0.4) is 0 Å². The molecule has 1 rings (SSSR count). The third-order valence-corrected chi connectivity index (χ3v) is 3.51. The summed E-state index contributed by atoms with van der Waals surface area (Å²) in [5.74, 6) is 0.456. The van der Waals surface area contributed by atoms with Crippen LogP contribution in [0.5, 0.6) is 0 Å². The lowest BCUT2D eigenvalue weighted by Crippen LogP contribution is -2.36. The molecule has 0 aliphatic heterocycles. The van der Waals surface area contributed by atoms with Gasteiger partial charge in [0, 0.05) is 12.1 Å². The van der Waals surface area contributed by atoms with Crippen molar-refractivity contribution in [2.24, 2.45) is 5.73 Å². The first-order valence-corrected chi connectivity index (χ1v) is 7.92. The molecule has 1 amide bonds. The van der Waals surface area contributed by atoms with Gasteiger partial charge >= 0.3 is 6.18 Å². The molecule has 1 atom stereocenters. The summed E-state index contributed by atoms with van der Waals surface area (Å²) in [5.41, 5.74) is 6.73. The van der Waals surface area contributed by atoms with Gasteiger partial charge in [0.1, 0.15) is 0 Å². The molecular formula is C14H20ClF3N2OS. The van der Waals surface area contributed by atoms with E-state index in [0.29, 0.717) is 17.7 Å². The molecular weight excluding hydrogens is 337 g/mol. The first-order chi connectivity index (χ1) is 9.81. The Bertz CT molecular complexity index is 472. The van der Waals surface area contributed by atoms with E-state index >= 15 is 0 Å². The first kappa shape index (κ1) is 21.1. The van der Waals surface area contributed by atoms with E-state index in [1.165, 1.54) is 0 Å². The van der Waals surface area contributed by atoms with E-state index < -0.39 is 18.6 Å². The zero-order chi connectivity index (χ0) is 15.9. The maximum atomic E-state index is 12.2. The highest BCUT2D eigenvalue weighted by molar-refractivity contribution is 7.98. The largest absolute Gasteiger partial charge is 0.389 e. The summed E-state index contributed by atoms with van der Waals surface area (Å²) in [7, 11) is 0. The van der Waals surface area contributed by atoms with Gasteiger partial charge in [-0.3, -0.25) is 4.79 Å². The SMILES string of the molecule is CSCC[C@H](N)C(=O)Nc1cccc(CCC(F)(F)F)c1.Cl. The van der Waals surface area contributed by atoms with E-state index in [1.807, 2.05) is 6.26 Å². The normalized spacial score (nSPS) is 12.4. The van der Waals surface area contributed by atoms with Gasteiger partial charge in [0.2, 0.25) is 5.91 Å². The lowest BCUT2D eigenvalue weighted by molar-refractivity contribution is -0.134. The molecule has 0 unspecified atom stereocenters. The smallest absolute Gasteiger partial charge is 0.325 e. The molecule has 0 spiro atoms. The Labute approximate surface area is 138 Å². The Morgan fingerprint density at radius 1 is 1.41 bits per heavy atom. The van der Waals surface area contributed by atoms with E-state index in [1.54, 1.807) is 36.0 Å². The van der Waals surface area contributed by atoms with Crippen LogP contribution in [0.1, 0.15) is 18.4 Å². The number of amides is 1. The van der Waals surface area contributed by atoms with Crippen molar-refractivity contribution in [1.82, 2.24) is 0 Å². The second kappa shape index (κ2) is 9.97. The number of hydrogen-bond acceptors (Lipinski definition) is 3. The molecule has 0 fully saturated rings. The molecule has 0 saturated carbocycles. The lowest BCUT2D eigenvalue weighted by Gasteiger charge is -2.12. The number of alkyl halides is 3. The highest BCUT2D eigenvalue weighted by Gasteiger charge is 2.26. The minimum atomic E-state index is -4.18. The monoisotopic (exact) mass is 356 g/mol. The van der Waals surface area contributed by atoms with Crippen LogP contribution in [0.25, 0.3) is 0 Å². The van der Waals surface area contributed by atoms with Crippen molar-refractivity contribution < 1.29 is 18.0 Å². The molecule has 126 valence electrons. The fraction of sp³-hybridized carbons (Fsp3) is 0.500. The van der Waals surface area contributed by atoms with Crippen LogP contribution in [-0.4, -0.2) is 30.1 Å². The van der Waals surface area contributed by atoms with Crippen molar-refractivity contribution in [2.75, 3.05) is 17.3 Å². The number of anilines is 1. The number of thioether (sulfide) groups is 1. The Morgan fingerprint density at radius 3 is 2.68 bits per heavy atom. The highest BCUT2D eigenvalue weighted by Crippen LogP contribution is 2.23. The first-order valence-electron chi connectivity index (χ1n) is 6.53. The van der Waals surface area contributed by atoms with E-state index in [-0.39, 0.29) is 24.7 Å². The van der Waals surface area contributed by atoms with Gasteiger partial charge < -0.3 is 11.1 Å². The van der Waals surface area contributed by atoms with Gasteiger partial charge in [-0.2, -0.15) is 24.9 Å². The number of hydrogen-bond donors (Lipinski definition) is 2. The third-order valence-electron chi connectivity index (χ3n) is 2.86. The van der Waals surface area contributed by atoms with Gasteiger partial charge in [0.25, 0.3) is 0 Å². The Hall–Kier alpha value is -0.920. The summed E-state index contributed by atoms with van der Waals surface area (Å²) < 4.78 is 36.6. The fourth-order valence-electron chi connectivity index (χ4n) is 1.70. The molecule has 0 aliphatic carbocycles. The average molecular weight is 357 g/mol. The number of halogens is 4. The maximum Gasteiger partial charge on any atom is 0.389 e. The van der Waals surface area contributed by atoms with E-state index in [0.717, 1.165) is 5.75 Å². The highest BCUT2D eigenvalue weighted by atomic mass is 35.5. The van der Waals surface area contributed by atoms with Gasteiger partial charge in [-0.25, -0.2) is 0 Å². The molecule has 8 heteroatoms. The number of nitrogens with one attached hydrogen (secondary N) is 1. The van der Waals surface area contributed by atoms with Gasteiger partial charge in [-0.05, 0) is 42.5 Å². The molecule has 22 heavy (non-hydrogen) atoms. The summed E-state index contributed by atoms with van der Waals surface area (Å²) in [6.45, 7) is 0. The van der Waals surface area contributed by atoms with E-state index in [9.17, 15) is 18.0 Å². The number of carbonyl (C=O) groups is 1. The average Bonchev–Trinajstić information content (AvgIpc) is 2.42. The number of benzene rings is 1. The Morgan fingerprint density at radius 2 is 2.09 bits per heavy atom. The van der Waals surface area contributed by atoms with Crippen molar-refractivity contribution in [3.05, 3.63) is 29.8 Å². The summed E-state index contributed by atoms with van der Waals surface area (Å²) in [6, 6.07) is 5.79. The number of aryl methyl sites for hydroxylation is 1. The van der Waals surface area contributed by atoms with Crippen molar-refractivity contribution in [1.29, 1.82) is 0 Å². The van der Waals surface area contributed by atoms with Crippen LogP contribution in [-0.2, 0) is 11.2 Å². The lowest BCUT2D eigenvalue weighted by atomic mass is 10.1. The van der Waals surface area contributed by atoms with Crippen LogP contribution in [0.2, 0.25) is 0 Å². The van der Waals surface area contributed by atoms with Gasteiger partial charge in [-0.1, -0.05) is 12.1 Å².